The Hall–Kier alpha value is -1.59. The molecule has 5 nitrogen and oxygen atoms in total. The molecule has 0 radical (unpaired) electrons. The first-order valence-electron chi connectivity index (χ1n) is 8.47. The number of piperidine rings is 1. The second-order valence-corrected chi connectivity index (χ2v) is 6.19. The Bertz CT molecular complexity index is 516. The number of halogens is 1. The Labute approximate surface area is 150 Å². The topological polar surface area (TPSA) is 75.4 Å². The number of benzene rings is 1. The number of carbonyl (C=O) groups excluding carboxylic acids is 2. The molecule has 2 rings (SSSR count). The van der Waals surface area contributed by atoms with Gasteiger partial charge in [-0.2, -0.15) is 0 Å². The number of nitrogens with one attached hydrogen (secondary N) is 1. The van der Waals surface area contributed by atoms with Crippen LogP contribution >= 0.6 is 12.4 Å². The number of nitrogens with zero attached hydrogens (tertiary/aromatic N) is 1. The average molecular weight is 354 g/mol. The molecule has 1 saturated heterocycles. The van der Waals surface area contributed by atoms with Crippen molar-refractivity contribution in [2.75, 3.05) is 19.6 Å². The predicted octanol–water partition coefficient (Wildman–Crippen LogP) is 1.74. The molecule has 1 aliphatic heterocycles. The van der Waals surface area contributed by atoms with Gasteiger partial charge in [-0.3, -0.25) is 9.59 Å². The van der Waals surface area contributed by atoms with Gasteiger partial charge in [0.2, 0.25) is 11.8 Å². The van der Waals surface area contributed by atoms with Crippen LogP contribution in [0.1, 0.15) is 31.7 Å². The van der Waals surface area contributed by atoms with E-state index in [2.05, 4.69) is 5.32 Å². The van der Waals surface area contributed by atoms with Crippen LogP contribution in [-0.4, -0.2) is 42.4 Å². The molecule has 1 fully saturated rings. The standard InChI is InChI=1S/C18H27N3O2.ClH/c1-2-10-20-17(22)15-8-11-21(12-9-15)18(23)16(19)13-14-6-4-3-5-7-14;/h3-7,15-16H,2,8-13,19H2,1H3,(H,20,22);1H/t16-;/m0./s1. The minimum absolute atomic E-state index is 0. The zero-order valence-corrected chi connectivity index (χ0v) is 15.1. The molecule has 24 heavy (non-hydrogen) atoms. The molecule has 0 aliphatic carbocycles. The Morgan fingerprint density at radius 3 is 2.46 bits per heavy atom. The lowest BCUT2D eigenvalue weighted by atomic mass is 9.95. The number of hydrogen-bond donors (Lipinski definition) is 2. The highest BCUT2D eigenvalue weighted by Gasteiger charge is 2.29. The summed E-state index contributed by atoms with van der Waals surface area (Å²) in [5.41, 5.74) is 7.14. The molecule has 0 unspecified atom stereocenters. The fraction of sp³-hybridized carbons (Fsp3) is 0.556. The monoisotopic (exact) mass is 353 g/mol. The van der Waals surface area contributed by atoms with Gasteiger partial charge in [0, 0.05) is 25.6 Å². The molecule has 0 bridgehead atoms. The van der Waals surface area contributed by atoms with E-state index in [1.54, 1.807) is 4.90 Å². The van der Waals surface area contributed by atoms with Gasteiger partial charge in [0.15, 0.2) is 0 Å². The predicted molar refractivity (Wildman–Crippen MR) is 98.0 cm³/mol. The Balaban J connectivity index is 0.00000288. The van der Waals surface area contributed by atoms with Gasteiger partial charge in [-0.1, -0.05) is 37.3 Å². The molecule has 6 heteroatoms. The van der Waals surface area contributed by atoms with Crippen LogP contribution in [0.4, 0.5) is 0 Å². The average Bonchev–Trinajstić information content (AvgIpc) is 2.60. The zero-order chi connectivity index (χ0) is 16.7. The van der Waals surface area contributed by atoms with Crippen LogP contribution in [0.3, 0.4) is 0 Å². The van der Waals surface area contributed by atoms with Crippen molar-refractivity contribution in [3.8, 4) is 0 Å². The van der Waals surface area contributed by atoms with Crippen molar-refractivity contribution >= 4 is 24.2 Å². The normalized spacial score (nSPS) is 16.2. The summed E-state index contributed by atoms with van der Waals surface area (Å²) in [6.07, 6.45) is 2.94. The lowest BCUT2D eigenvalue weighted by molar-refractivity contribution is -0.136. The summed E-state index contributed by atoms with van der Waals surface area (Å²) in [4.78, 5) is 26.2. The largest absolute Gasteiger partial charge is 0.356 e. The molecule has 1 atom stereocenters. The van der Waals surface area contributed by atoms with E-state index in [0.29, 0.717) is 19.5 Å². The van der Waals surface area contributed by atoms with Gasteiger partial charge < -0.3 is 16.0 Å². The fourth-order valence-electron chi connectivity index (χ4n) is 2.94. The number of carbonyl (C=O) groups is 2. The molecule has 0 saturated carbocycles. The van der Waals surface area contributed by atoms with E-state index in [-0.39, 0.29) is 30.1 Å². The summed E-state index contributed by atoms with van der Waals surface area (Å²) in [6.45, 7) is 3.99. The first kappa shape index (κ1) is 20.5. The molecule has 0 spiro atoms. The maximum atomic E-state index is 12.5. The van der Waals surface area contributed by atoms with E-state index in [1.165, 1.54) is 0 Å². The van der Waals surface area contributed by atoms with E-state index in [1.807, 2.05) is 37.3 Å². The zero-order valence-electron chi connectivity index (χ0n) is 14.2. The van der Waals surface area contributed by atoms with Crippen molar-refractivity contribution in [3.63, 3.8) is 0 Å². The van der Waals surface area contributed by atoms with Gasteiger partial charge in [-0.15, -0.1) is 12.4 Å². The molecule has 0 aromatic heterocycles. The van der Waals surface area contributed by atoms with Crippen molar-refractivity contribution in [1.29, 1.82) is 0 Å². The van der Waals surface area contributed by atoms with Crippen LogP contribution in [0.15, 0.2) is 30.3 Å². The maximum Gasteiger partial charge on any atom is 0.239 e. The minimum Gasteiger partial charge on any atom is -0.356 e. The highest BCUT2D eigenvalue weighted by molar-refractivity contribution is 5.85. The summed E-state index contributed by atoms with van der Waals surface area (Å²) >= 11 is 0. The number of nitrogens with two attached hydrogens (primary N) is 1. The van der Waals surface area contributed by atoms with Crippen LogP contribution in [0.25, 0.3) is 0 Å². The lowest BCUT2D eigenvalue weighted by Crippen LogP contribution is -2.49. The number of rotatable bonds is 6. The van der Waals surface area contributed by atoms with Crippen molar-refractivity contribution in [3.05, 3.63) is 35.9 Å². The SMILES string of the molecule is CCCNC(=O)C1CCN(C(=O)[C@@H](N)Cc2ccccc2)CC1.Cl. The van der Waals surface area contributed by atoms with Crippen LogP contribution in [0, 0.1) is 5.92 Å². The van der Waals surface area contributed by atoms with Gasteiger partial charge in [0.1, 0.15) is 0 Å². The van der Waals surface area contributed by atoms with Gasteiger partial charge in [-0.05, 0) is 31.2 Å². The van der Waals surface area contributed by atoms with E-state index in [9.17, 15) is 9.59 Å². The van der Waals surface area contributed by atoms with Gasteiger partial charge >= 0.3 is 0 Å². The lowest BCUT2D eigenvalue weighted by Gasteiger charge is -2.33. The second kappa shape index (κ2) is 10.3. The van der Waals surface area contributed by atoms with Gasteiger partial charge in [-0.25, -0.2) is 0 Å². The number of likely N-dealkylation sites (tertiary alicyclic amines) is 1. The third-order valence-electron chi connectivity index (χ3n) is 4.34. The van der Waals surface area contributed by atoms with Crippen LogP contribution in [-0.2, 0) is 16.0 Å². The third kappa shape index (κ3) is 5.80. The summed E-state index contributed by atoms with van der Waals surface area (Å²) < 4.78 is 0. The molecule has 1 aromatic carbocycles. The minimum atomic E-state index is -0.511. The summed E-state index contributed by atoms with van der Waals surface area (Å²) in [6, 6.07) is 9.31. The quantitative estimate of drug-likeness (QED) is 0.818. The highest BCUT2D eigenvalue weighted by atomic mass is 35.5. The second-order valence-electron chi connectivity index (χ2n) is 6.19. The summed E-state index contributed by atoms with van der Waals surface area (Å²) in [5.74, 6) is 0.129. The number of amides is 2. The molecule has 1 aromatic rings. The smallest absolute Gasteiger partial charge is 0.239 e. The molecule has 1 heterocycles. The molecule has 1 aliphatic rings. The third-order valence-corrected chi connectivity index (χ3v) is 4.34. The molecule has 2 amide bonds. The summed E-state index contributed by atoms with van der Waals surface area (Å²) in [5, 5.41) is 2.93. The van der Waals surface area contributed by atoms with Crippen molar-refractivity contribution in [2.45, 2.75) is 38.6 Å². The maximum absolute atomic E-state index is 12.5. The molecule has 3 N–H and O–H groups in total. The molecule has 134 valence electrons. The van der Waals surface area contributed by atoms with E-state index in [0.717, 1.165) is 31.4 Å². The first-order valence-corrected chi connectivity index (χ1v) is 8.47. The van der Waals surface area contributed by atoms with Crippen LogP contribution in [0.2, 0.25) is 0 Å². The van der Waals surface area contributed by atoms with Crippen molar-refractivity contribution in [1.82, 2.24) is 10.2 Å². The van der Waals surface area contributed by atoms with Crippen LogP contribution in [0.5, 0.6) is 0 Å². The molecular weight excluding hydrogens is 326 g/mol. The first-order chi connectivity index (χ1) is 11.1. The van der Waals surface area contributed by atoms with Crippen molar-refractivity contribution in [2.24, 2.45) is 11.7 Å². The summed E-state index contributed by atoms with van der Waals surface area (Å²) in [7, 11) is 0. The van der Waals surface area contributed by atoms with E-state index in [4.69, 9.17) is 5.73 Å². The van der Waals surface area contributed by atoms with E-state index < -0.39 is 6.04 Å². The van der Waals surface area contributed by atoms with Gasteiger partial charge in [0.05, 0.1) is 6.04 Å². The highest BCUT2D eigenvalue weighted by Crippen LogP contribution is 2.18. The number of hydrogen-bond acceptors (Lipinski definition) is 3. The van der Waals surface area contributed by atoms with Crippen molar-refractivity contribution < 1.29 is 9.59 Å². The van der Waals surface area contributed by atoms with E-state index >= 15 is 0 Å². The Morgan fingerprint density at radius 1 is 1.25 bits per heavy atom. The van der Waals surface area contributed by atoms with Gasteiger partial charge in [0.25, 0.3) is 0 Å². The van der Waals surface area contributed by atoms with Crippen LogP contribution < -0.4 is 11.1 Å². The molecular formula is C18H28ClN3O2. The Morgan fingerprint density at radius 2 is 1.88 bits per heavy atom. The fourth-order valence-corrected chi connectivity index (χ4v) is 2.94. The Kier molecular flexibility index (Phi) is 8.79.